The third-order valence-corrected chi connectivity index (χ3v) is 8.29. The van der Waals surface area contributed by atoms with Crippen molar-refractivity contribution in [3.63, 3.8) is 0 Å². The summed E-state index contributed by atoms with van der Waals surface area (Å²) in [7, 11) is 0. The molecule has 0 spiro atoms. The molecule has 8 heteroatoms. The number of nitrogens with one attached hydrogen (secondary N) is 1. The minimum absolute atomic E-state index is 0.0229. The molecule has 3 heterocycles. The minimum Gasteiger partial charge on any atom is -0.370 e. The van der Waals surface area contributed by atoms with E-state index in [-0.39, 0.29) is 35.6 Å². The minimum atomic E-state index is -0.390. The second-order valence-corrected chi connectivity index (χ2v) is 10.7. The van der Waals surface area contributed by atoms with Crippen molar-refractivity contribution >= 4 is 40.9 Å². The van der Waals surface area contributed by atoms with Crippen LogP contribution in [0.4, 0.5) is 11.4 Å². The number of morpholine rings is 1. The highest BCUT2D eigenvalue weighted by Gasteiger charge is 2.43. The Labute approximate surface area is 221 Å². The van der Waals surface area contributed by atoms with Gasteiger partial charge in [-0.1, -0.05) is 42.3 Å². The van der Waals surface area contributed by atoms with Gasteiger partial charge in [0.2, 0.25) is 11.8 Å². The van der Waals surface area contributed by atoms with Gasteiger partial charge in [-0.2, -0.15) is 0 Å². The first kappa shape index (κ1) is 25.1. The summed E-state index contributed by atoms with van der Waals surface area (Å²) in [5.74, 6) is 2.03. The molecule has 3 aliphatic heterocycles. The number of thioether (sulfide) groups is 1. The van der Waals surface area contributed by atoms with E-state index in [0.29, 0.717) is 32.5 Å². The molecule has 0 saturated carbocycles. The lowest BCUT2D eigenvalue weighted by atomic mass is 9.94. The summed E-state index contributed by atoms with van der Waals surface area (Å²) < 4.78 is 5.25. The molecule has 2 aromatic rings. The van der Waals surface area contributed by atoms with Gasteiger partial charge in [-0.15, -0.1) is 18.2 Å². The van der Waals surface area contributed by atoms with E-state index >= 15 is 0 Å². The average Bonchev–Trinajstić information content (AvgIpc) is 3.51. The highest BCUT2D eigenvalue weighted by atomic mass is 32.2. The van der Waals surface area contributed by atoms with Gasteiger partial charge in [-0.3, -0.25) is 14.4 Å². The summed E-state index contributed by atoms with van der Waals surface area (Å²) in [6.45, 7) is 3.40. The number of aryl methyl sites for hydroxylation is 1. The van der Waals surface area contributed by atoms with Crippen molar-refractivity contribution in [2.45, 2.75) is 31.1 Å². The Balaban J connectivity index is 1.37. The number of allylic oxidation sites excluding steroid dienone is 2. The van der Waals surface area contributed by atoms with Crippen molar-refractivity contribution in [3.8, 4) is 12.3 Å². The van der Waals surface area contributed by atoms with E-state index in [1.165, 1.54) is 11.8 Å². The number of ether oxygens (including phenoxy) is 1. The van der Waals surface area contributed by atoms with Gasteiger partial charge in [0.15, 0.2) is 0 Å². The van der Waals surface area contributed by atoms with E-state index in [9.17, 15) is 14.4 Å². The second kappa shape index (κ2) is 10.8. The van der Waals surface area contributed by atoms with E-state index < -0.39 is 5.92 Å². The maximum atomic E-state index is 13.7. The lowest BCUT2D eigenvalue weighted by Crippen LogP contribution is -2.44. The number of carbonyl (C=O) groups excluding carboxylic acids is 3. The number of rotatable bonds is 6. The zero-order chi connectivity index (χ0) is 25.9. The van der Waals surface area contributed by atoms with Crippen molar-refractivity contribution in [1.82, 2.24) is 5.32 Å². The molecule has 1 N–H and O–H groups in total. The van der Waals surface area contributed by atoms with Crippen LogP contribution in [-0.2, 0) is 25.5 Å². The number of carbonyl (C=O) groups is 3. The number of benzene rings is 2. The maximum absolute atomic E-state index is 13.7. The van der Waals surface area contributed by atoms with Crippen LogP contribution in [0.25, 0.3) is 0 Å². The van der Waals surface area contributed by atoms with E-state index in [1.807, 2.05) is 61.5 Å². The number of anilines is 2. The Morgan fingerprint density at radius 2 is 2.00 bits per heavy atom. The fourth-order valence-corrected chi connectivity index (χ4v) is 6.07. The van der Waals surface area contributed by atoms with Gasteiger partial charge in [0.05, 0.1) is 28.7 Å². The lowest BCUT2D eigenvalue weighted by Gasteiger charge is -2.29. The molecule has 0 radical (unpaired) electrons. The standard InChI is InChI=1S/C29H29N3O4S/c1-3-22-10-12-26(37-22)28(34)30-24-17-32(29(35)23(24)16-20-7-5-4-6-8-20)21-9-11-25(19(2)15-21)31-13-14-36-18-27(31)33/h1,4-11,15,23-24,26H,12-14,16-18H2,2H3,(H,30,34)/t23-,24?,26?/m1/s1. The average molecular weight is 516 g/mol. The maximum Gasteiger partial charge on any atom is 0.253 e. The van der Waals surface area contributed by atoms with Crippen molar-refractivity contribution < 1.29 is 19.1 Å². The lowest BCUT2D eigenvalue weighted by molar-refractivity contribution is -0.126. The fraction of sp³-hybridized carbons (Fsp3) is 0.345. The highest BCUT2D eigenvalue weighted by Crippen LogP contribution is 2.34. The molecule has 2 fully saturated rings. The second-order valence-electron chi connectivity index (χ2n) is 9.48. The Morgan fingerprint density at radius 1 is 1.19 bits per heavy atom. The first-order chi connectivity index (χ1) is 17.9. The van der Waals surface area contributed by atoms with Gasteiger partial charge in [-0.25, -0.2) is 0 Å². The summed E-state index contributed by atoms with van der Waals surface area (Å²) in [4.78, 5) is 43.4. The summed E-state index contributed by atoms with van der Waals surface area (Å²) in [6, 6.07) is 15.2. The zero-order valence-electron chi connectivity index (χ0n) is 20.7. The SMILES string of the molecule is C#CC1=CCC(C(=O)NC2CN(c3ccc(N4CCOCC4=O)c(C)c3)C(=O)[C@@H]2Cc2ccccc2)S1. The number of nitrogens with zero attached hydrogens (tertiary/aromatic N) is 2. The quantitative estimate of drug-likeness (QED) is 0.599. The first-order valence-corrected chi connectivity index (χ1v) is 13.3. The van der Waals surface area contributed by atoms with Crippen LogP contribution in [0.1, 0.15) is 17.5 Å². The predicted molar refractivity (Wildman–Crippen MR) is 145 cm³/mol. The Hall–Kier alpha value is -3.54. The molecule has 0 aliphatic carbocycles. The van der Waals surface area contributed by atoms with E-state index in [2.05, 4.69) is 11.2 Å². The number of terminal acetylenes is 1. The Bertz CT molecular complexity index is 1290. The highest BCUT2D eigenvalue weighted by molar-refractivity contribution is 8.04. The molecule has 2 unspecified atom stereocenters. The van der Waals surface area contributed by atoms with Gasteiger partial charge < -0.3 is 19.9 Å². The van der Waals surface area contributed by atoms with Crippen LogP contribution in [0.2, 0.25) is 0 Å². The zero-order valence-corrected chi connectivity index (χ0v) is 21.5. The Morgan fingerprint density at radius 3 is 2.70 bits per heavy atom. The molecule has 5 rings (SSSR count). The third-order valence-electron chi connectivity index (χ3n) is 7.06. The van der Waals surface area contributed by atoms with E-state index in [1.54, 1.807) is 9.80 Å². The van der Waals surface area contributed by atoms with Crippen LogP contribution < -0.4 is 15.1 Å². The van der Waals surface area contributed by atoms with Crippen LogP contribution in [0.15, 0.2) is 59.5 Å². The van der Waals surface area contributed by atoms with Crippen molar-refractivity contribution in [3.05, 3.63) is 70.6 Å². The van der Waals surface area contributed by atoms with E-state index in [4.69, 9.17) is 11.2 Å². The topological polar surface area (TPSA) is 79.0 Å². The molecule has 3 atom stereocenters. The molecular weight excluding hydrogens is 486 g/mol. The van der Waals surface area contributed by atoms with Gasteiger partial charge in [0.1, 0.15) is 6.61 Å². The smallest absolute Gasteiger partial charge is 0.253 e. The van der Waals surface area contributed by atoms with E-state index in [0.717, 1.165) is 27.4 Å². The Kier molecular flexibility index (Phi) is 7.36. The molecule has 0 aromatic heterocycles. The van der Waals surface area contributed by atoms with Crippen LogP contribution in [0.3, 0.4) is 0 Å². The molecule has 3 amide bonds. The first-order valence-electron chi connectivity index (χ1n) is 12.4. The summed E-state index contributed by atoms with van der Waals surface area (Å²) in [5, 5.41) is 2.88. The van der Waals surface area contributed by atoms with Gasteiger partial charge in [0.25, 0.3) is 5.91 Å². The number of amides is 3. The molecule has 37 heavy (non-hydrogen) atoms. The predicted octanol–water partition coefficient (Wildman–Crippen LogP) is 3.07. The van der Waals surface area contributed by atoms with Crippen LogP contribution >= 0.6 is 11.8 Å². The number of hydrogen-bond acceptors (Lipinski definition) is 5. The monoisotopic (exact) mass is 515 g/mol. The van der Waals surface area contributed by atoms with Crippen LogP contribution in [0, 0.1) is 25.2 Å². The molecule has 3 aliphatic rings. The molecule has 190 valence electrons. The van der Waals surface area contributed by atoms with Crippen molar-refractivity contribution in [2.24, 2.45) is 5.92 Å². The molecule has 0 bridgehead atoms. The summed E-state index contributed by atoms with van der Waals surface area (Å²) >= 11 is 1.40. The summed E-state index contributed by atoms with van der Waals surface area (Å²) in [5.41, 5.74) is 3.53. The normalized spacial score (nSPS) is 23.7. The summed E-state index contributed by atoms with van der Waals surface area (Å²) in [6.07, 6.45) is 8.53. The largest absolute Gasteiger partial charge is 0.370 e. The van der Waals surface area contributed by atoms with Crippen LogP contribution in [0.5, 0.6) is 0 Å². The van der Waals surface area contributed by atoms with Gasteiger partial charge in [-0.05, 0) is 49.1 Å². The molecule has 2 aromatic carbocycles. The fourth-order valence-electron chi connectivity index (χ4n) is 5.14. The number of hydrogen-bond donors (Lipinski definition) is 1. The van der Waals surface area contributed by atoms with Gasteiger partial charge in [0, 0.05) is 24.5 Å². The van der Waals surface area contributed by atoms with Crippen molar-refractivity contribution in [2.75, 3.05) is 36.1 Å². The third kappa shape index (κ3) is 5.29. The molecule has 7 nitrogen and oxygen atoms in total. The van der Waals surface area contributed by atoms with Gasteiger partial charge >= 0.3 is 0 Å². The molecular formula is C29H29N3O4S. The molecule has 2 saturated heterocycles. The van der Waals surface area contributed by atoms with Crippen LogP contribution in [-0.4, -0.2) is 55.3 Å². The van der Waals surface area contributed by atoms with Crippen molar-refractivity contribution in [1.29, 1.82) is 0 Å².